The third-order valence-electron chi connectivity index (χ3n) is 3.05. The summed E-state index contributed by atoms with van der Waals surface area (Å²) in [6.45, 7) is 0. The number of halogens is 1. The van der Waals surface area contributed by atoms with Crippen molar-refractivity contribution < 1.29 is 19.1 Å². The van der Waals surface area contributed by atoms with Crippen LogP contribution in [0.25, 0.3) is 6.08 Å². The van der Waals surface area contributed by atoms with E-state index in [1.54, 1.807) is 12.1 Å². The predicted molar refractivity (Wildman–Crippen MR) is 83.0 cm³/mol. The van der Waals surface area contributed by atoms with Gasteiger partial charge in [0.15, 0.2) is 0 Å². The van der Waals surface area contributed by atoms with Crippen LogP contribution in [0.15, 0.2) is 53.4 Å². The maximum absolute atomic E-state index is 12.9. The second-order valence-corrected chi connectivity index (χ2v) is 5.58. The molecule has 1 heterocycles. The molecule has 1 fully saturated rings. The van der Waals surface area contributed by atoms with Crippen molar-refractivity contribution in [1.82, 2.24) is 0 Å². The Morgan fingerprint density at radius 2 is 1.82 bits per heavy atom. The molecule has 2 aromatic carbocycles. The average molecular weight is 315 g/mol. The van der Waals surface area contributed by atoms with E-state index in [2.05, 4.69) is 0 Å². The number of hydrogen-bond donors (Lipinski definition) is 1. The number of rotatable bonds is 2. The number of amides is 2. The van der Waals surface area contributed by atoms with Gasteiger partial charge in [-0.3, -0.25) is 9.59 Å². The molecule has 0 aromatic heterocycles. The van der Waals surface area contributed by atoms with Gasteiger partial charge < -0.3 is 5.11 Å². The minimum atomic E-state index is -0.468. The highest BCUT2D eigenvalue weighted by molar-refractivity contribution is 8.19. The molecule has 0 saturated carbocycles. The molecule has 1 saturated heterocycles. The van der Waals surface area contributed by atoms with Crippen LogP contribution in [-0.4, -0.2) is 16.3 Å². The van der Waals surface area contributed by atoms with Crippen LogP contribution in [0.4, 0.5) is 14.9 Å². The number of thioether (sulfide) groups is 1. The van der Waals surface area contributed by atoms with Gasteiger partial charge in [0.2, 0.25) is 0 Å². The molecule has 22 heavy (non-hydrogen) atoms. The third kappa shape index (κ3) is 2.73. The van der Waals surface area contributed by atoms with E-state index in [9.17, 15) is 19.1 Å². The fraction of sp³-hybridized carbons (Fsp3) is 0. The maximum Gasteiger partial charge on any atom is 0.298 e. The lowest BCUT2D eigenvalue weighted by Gasteiger charge is -2.12. The number of nitrogens with zero attached hydrogens (tertiary/aromatic N) is 1. The first-order valence-electron chi connectivity index (χ1n) is 6.37. The molecule has 1 aliphatic rings. The monoisotopic (exact) mass is 315 g/mol. The lowest BCUT2D eigenvalue weighted by atomic mass is 10.2. The van der Waals surface area contributed by atoms with Crippen molar-refractivity contribution in [2.45, 2.75) is 0 Å². The largest absolute Gasteiger partial charge is 0.508 e. The second kappa shape index (κ2) is 5.65. The van der Waals surface area contributed by atoms with E-state index in [1.165, 1.54) is 42.5 Å². The van der Waals surface area contributed by atoms with Gasteiger partial charge in [0.1, 0.15) is 11.6 Å². The van der Waals surface area contributed by atoms with Crippen LogP contribution in [0, 0.1) is 5.82 Å². The normalized spacial score (nSPS) is 16.6. The van der Waals surface area contributed by atoms with Crippen molar-refractivity contribution in [2.24, 2.45) is 0 Å². The van der Waals surface area contributed by atoms with Crippen molar-refractivity contribution in [2.75, 3.05) is 4.90 Å². The molecule has 0 bridgehead atoms. The fourth-order valence-corrected chi connectivity index (χ4v) is 2.87. The molecule has 0 radical (unpaired) electrons. The molecular weight excluding hydrogens is 305 g/mol. The van der Waals surface area contributed by atoms with Crippen molar-refractivity contribution in [3.05, 3.63) is 64.8 Å². The highest BCUT2D eigenvalue weighted by atomic mass is 32.2. The molecule has 4 nitrogen and oxygen atoms in total. The van der Waals surface area contributed by atoms with Gasteiger partial charge in [-0.05, 0) is 47.7 Å². The summed E-state index contributed by atoms with van der Waals surface area (Å²) in [6, 6.07) is 11.5. The first kappa shape index (κ1) is 14.3. The maximum atomic E-state index is 12.9. The number of anilines is 1. The summed E-state index contributed by atoms with van der Waals surface area (Å²) < 4.78 is 12.9. The molecule has 110 valence electrons. The van der Waals surface area contributed by atoms with Crippen molar-refractivity contribution in [3.63, 3.8) is 0 Å². The molecule has 0 aliphatic carbocycles. The molecule has 1 aliphatic heterocycles. The predicted octanol–water partition coefficient (Wildman–Crippen LogP) is 3.77. The Labute approximate surface area is 129 Å². The van der Waals surface area contributed by atoms with Gasteiger partial charge in [0, 0.05) is 6.07 Å². The fourth-order valence-electron chi connectivity index (χ4n) is 2.03. The average Bonchev–Trinajstić information content (AvgIpc) is 2.76. The van der Waals surface area contributed by atoms with E-state index in [1.807, 2.05) is 0 Å². The Kier molecular flexibility index (Phi) is 3.68. The molecule has 0 unspecified atom stereocenters. The lowest BCUT2D eigenvalue weighted by Crippen LogP contribution is -2.27. The molecule has 6 heteroatoms. The van der Waals surface area contributed by atoms with Crippen molar-refractivity contribution in [3.8, 4) is 5.75 Å². The van der Waals surface area contributed by atoms with Crippen LogP contribution in [0.3, 0.4) is 0 Å². The van der Waals surface area contributed by atoms with E-state index in [0.29, 0.717) is 11.3 Å². The zero-order chi connectivity index (χ0) is 15.7. The van der Waals surface area contributed by atoms with Gasteiger partial charge in [-0.15, -0.1) is 0 Å². The summed E-state index contributed by atoms with van der Waals surface area (Å²) in [5, 5.41) is 9.03. The SMILES string of the molecule is O=C1S/C(=C\c2ccc(F)cc2)C(=O)N1c1cccc(O)c1. The Balaban J connectivity index is 1.93. The van der Waals surface area contributed by atoms with Crippen molar-refractivity contribution >= 4 is 34.7 Å². The standard InChI is InChI=1S/C16H10FNO3S/c17-11-6-4-10(5-7-11)8-14-15(20)18(16(21)22-14)12-2-1-3-13(19)9-12/h1-9,19H/b14-8-. The number of aromatic hydroxyl groups is 1. The number of carbonyl (C=O) groups is 2. The summed E-state index contributed by atoms with van der Waals surface area (Å²) >= 11 is 0.805. The lowest BCUT2D eigenvalue weighted by molar-refractivity contribution is -0.113. The van der Waals surface area contributed by atoms with Crippen LogP contribution < -0.4 is 4.90 Å². The highest BCUT2D eigenvalue weighted by Gasteiger charge is 2.36. The quantitative estimate of drug-likeness (QED) is 0.857. The Morgan fingerprint density at radius 3 is 2.50 bits per heavy atom. The van der Waals surface area contributed by atoms with Gasteiger partial charge >= 0.3 is 0 Å². The van der Waals surface area contributed by atoms with Gasteiger partial charge in [-0.25, -0.2) is 9.29 Å². The van der Waals surface area contributed by atoms with Crippen LogP contribution in [-0.2, 0) is 4.79 Å². The second-order valence-electron chi connectivity index (χ2n) is 4.59. The summed E-state index contributed by atoms with van der Waals surface area (Å²) in [6.07, 6.45) is 1.53. The number of phenols is 1. The zero-order valence-corrected chi connectivity index (χ0v) is 12.0. The van der Waals surface area contributed by atoms with Gasteiger partial charge in [-0.1, -0.05) is 18.2 Å². The molecule has 2 amide bonds. The topological polar surface area (TPSA) is 57.6 Å². The van der Waals surface area contributed by atoms with Crippen molar-refractivity contribution in [1.29, 1.82) is 0 Å². The Morgan fingerprint density at radius 1 is 1.09 bits per heavy atom. The molecule has 2 aromatic rings. The van der Waals surface area contributed by atoms with E-state index in [-0.39, 0.29) is 16.5 Å². The highest BCUT2D eigenvalue weighted by Crippen LogP contribution is 2.36. The van der Waals surface area contributed by atoms with Crippen LogP contribution in [0.2, 0.25) is 0 Å². The third-order valence-corrected chi connectivity index (χ3v) is 3.92. The first-order chi connectivity index (χ1) is 10.5. The van der Waals surface area contributed by atoms with E-state index in [0.717, 1.165) is 16.7 Å². The molecule has 3 rings (SSSR count). The van der Waals surface area contributed by atoms with E-state index < -0.39 is 11.1 Å². The summed E-state index contributed by atoms with van der Waals surface area (Å²) in [5.74, 6) is -0.867. The minimum absolute atomic E-state index is 0.0286. The van der Waals surface area contributed by atoms with Crippen LogP contribution >= 0.6 is 11.8 Å². The molecule has 0 spiro atoms. The number of phenolic OH excluding ortho intramolecular Hbond substituents is 1. The zero-order valence-electron chi connectivity index (χ0n) is 11.2. The number of imide groups is 1. The van der Waals surface area contributed by atoms with E-state index >= 15 is 0 Å². The van der Waals surface area contributed by atoms with Crippen LogP contribution in [0.5, 0.6) is 5.75 Å². The van der Waals surface area contributed by atoms with Gasteiger partial charge in [0.25, 0.3) is 11.1 Å². The molecular formula is C16H10FNO3S. The number of carbonyl (C=O) groups excluding carboxylic acids is 2. The Bertz CT molecular complexity index is 786. The van der Waals surface area contributed by atoms with Gasteiger partial charge in [0.05, 0.1) is 10.6 Å². The first-order valence-corrected chi connectivity index (χ1v) is 7.19. The minimum Gasteiger partial charge on any atom is -0.508 e. The van der Waals surface area contributed by atoms with E-state index in [4.69, 9.17) is 0 Å². The van der Waals surface area contributed by atoms with Gasteiger partial charge in [-0.2, -0.15) is 0 Å². The molecule has 1 N–H and O–H groups in total. The summed E-state index contributed by atoms with van der Waals surface area (Å²) in [4.78, 5) is 25.6. The van der Waals surface area contributed by atoms with Crippen LogP contribution in [0.1, 0.15) is 5.56 Å². The Hall–Kier alpha value is -2.60. The molecule has 0 atom stereocenters. The summed E-state index contributed by atoms with van der Waals surface area (Å²) in [5.41, 5.74) is 0.938. The summed E-state index contributed by atoms with van der Waals surface area (Å²) in [7, 11) is 0. The smallest absolute Gasteiger partial charge is 0.298 e. The number of hydrogen-bond acceptors (Lipinski definition) is 4. The number of benzene rings is 2.